The van der Waals surface area contributed by atoms with Crippen LogP contribution < -0.4 is 0 Å². The van der Waals surface area contributed by atoms with Crippen LogP contribution >= 0.6 is 23.4 Å². The molecule has 0 saturated heterocycles. The Balaban J connectivity index is 2.16. The molecule has 0 bridgehead atoms. The number of rotatable bonds is 4. The van der Waals surface area contributed by atoms with E-state index in [9.17, 15) is 0 Å². The van der Waals surface area contributed by atoms with Crippen molar-refractivity contribution in [3.05, 3.63) is 69.6 Å². The first-order chi connectivity index (χ1) is 8.81. The smallest absolute Gasteiger partial charge is 0.0511 e. The first-order valence-electron chi connectivity index (χ1n) is 5.31. The molecular formula is C13H10ClN3S. The number of nitrogens with zero attached hydrogens (tertiary/aromatic N) is 3. The summed E-state index contributed by atoms with van der Waals surface area (Å²) in [5.74, 6) is 0.748. The lowest BCUT2D eigenvalue weighted by Crippen LogP contribution is -1.82. The molecule has 0 aromatic heterocycles. The van der Waals surface area contributed by atoms with Crippen molar-refractivity contribution in [2.24, 2.45) is 5.11 Å². The zero-order chi connectivity index (χ0) is 12.8. The fraction of sp³-hybridized carbons (Fsp3) is 0.0769. The summed E-state index contributed by atoms with van der Waals surface area (Å²) < 4.78 is 0. The summed E-state index contributed by atoms with van der Waals surface area (Å²) in [5, 5.41) is 4.42. The van der Waals surface area contributed by atoms with Gasteiger partial charge in [0.25, 0.3) is 0 Å². The first-order valence-corrected chi connectivity index (χ1v) is 6.68. The molecule has 0 N–H and O–H groups in total. The lowest BCUT2D eigenvalue weighted by Gasteiger charge is -2.06. The summed E-state index contributed by atoms with van der Waals surface area (Å²) in [6.45, 7) is 0. The lowest BCUT2D eigenvalue weighted by molar-refractivity contribution is 1.33. The first kappa shape index (κ1) is 12.8. The van der Waals surface area contributed by atoms with E-state index in [1.165, 1.54) is 0 Å². The van der Waals surface area contributed by atoms with Gasteiger partial charge in [-0.2, -0.15) is 0 Å². The number of halogens is 1. The molecule has 0 amide bonds. The number of thioether (sulfide) groups is 1. The van der Waals surface area contributed by atoms with Gasteiger partial charge in [-0.3, -0.25) is 0 Å². The van der Waals surface area contributed by atoms with Gasteiger partial charge in [-0.05, 0) is 23.2 Å². The number of hydrogen-bond acceptors (Lipinski definition) is 2. The van der Waals surface area contributed by atoms with Gasteiger partial charge in [-0.1, -0.05) is 53.1 Å². The predicted octanol–water partition coefficient (Wildman–Crippen LogP) is 5.57. The van der Waals surface area contributed by atoms with E-state index >= 15 is 0 Å². The highest BCUT2D eigenvalue weighted by molar-refractivity contribution is 7.98. The van der Waals surface area contributed by atoms with E-state index in [0.29, 0.717) is 5.69 Å². The summed E-state index contributed by atoms with van der Waals surface area (Å²) in [5.41, 5.74) is 10.2. The molecule has 0 fully saturated rings. The highest BCUT2D eigenvalue weighted by atomic mass is 35.5. The standard InChI is InChI=1S/C13H10ClN3S/c14-11-6-2-1-5-10(11)9-18-13-8-4-3-7-12(13)16-17-15/h1-8H,9H2. The molecule has 0 radical (unpaired) electrons. The minimum absolute atomic E-state index is 0.650. The van der Waals surface area contributed by atoms with Crippen LogP contribution in [-0.2, 0) is 5.75 Å². The van der Waals surface area contributed by atoms with Gasteiger partial charge in [-0.25, -0.2) is 0 Å². The van der Waals surface area contributed by atoms with E-state index < -0.39 is 0 Å². The third kappa shape index (κ3) is 3.20. The van der Waals surface area contributed by atoms with Gasteiger partial charge < -0.3 is 0 Å². The second kappa shape index (κ2) is 6.36. The summed E-state index contributed by atoms with van der Waals surface area (Å²) >= 11 is 7.70. The van der Waals surface area contributed by atoms with Crippen LogP contribution in [0, 0.1) is 0 Å². The third-order valence-corrected chi connectivity index (χ3v) is 3.84. The Labute approximate surface area is 114 Å². The summed E-state index contributed by atoms with van der Waals surface area (Å²) in [6.07, 6.45) is 0. The largest absolute Gasteiger partial charge is 0.121 e. The number of hydrogen-bond donors (Lipinski definition) is 0. The van der Waals surface area contributed by atoms with Crippen LogP contribution in [-0.4, -0.2) is 0 Å². The van der Waals surface area contributed by atoms with Gasteiger partial charge in [0, 0.05) is 20.6 Å². The average molecular weight is 276 g/mol. The molecule has 5 heteroatoms. The topological polar surface area (TPSA) is 48.8 Å². The molecule has 0 atom stereocenters. The van der Waals surface area contributed by atoms with Crippen LogP contribution in [0.1, 0.15) is 5.56 Å². The van der Waals surface area contributed by atoms with Gasteiger partial charge in [0.2, 0.25) is 0 Å². The SMILES string of the molecule is [N-]=[N+]=Nc1ccccc1SCc1ccccc1Cl. The third-order valence-electron chi connectivity index (χ3n) is 2.36. The van der Waals surface area contributed by atoms with Crippen molar-refractivity contribution in [3.8, 4) is 0 Å². The van der Waals surface area contributed by atoms with Crippen molar-refractivity contribution in [2.75, 3.05) is 0 Å². The lowest BCUT2D eigenvalue weighted by atomic mass is 10.2. The minimum Gasteiger partial charge on any atom is -0.121 e. The molecule has 0 aliphatic rings. The fourth-order valence-corrected chi connectivity index (χ4v) is 2.76. The normalized spacial score (nSPS) is 9.83. The van der Waals surface area contributed by atoms with E-state index in [1.807, 2.05) is 42.5 Å². The zero-order valence-electron chi connectivity index (χ0n) is 9.45. The molecule has 0 heterocycles. The Morgan fingerprint density at radius 3 is 2.61 bits per heavy atom. The minimum atomic E-state index is 0.650. The Hall–Kier alpha value is -1.61. The molecule has 2 aromatic carbocycles. The van der Waals surface area contributed by atoms with Gasteiger partial charge in [-0.15, -0.1) is 11.8 Å². The van der Waals surface area contributed by atoms with Crippen molar-refractivity contribution in [1.82, 2.24) is 0 Å². The van der Waals surface area contributed by atoms with Crippen molar-refractivity contribution >= 4 is 29.1 Å². The molecule has 0 spiro atoms. The summed E-state index contributed by atoms with van der Waals surface area (Å²) in [4.78, 5) is 3.78. The van der Waals surface area contributed by atoms with Gasteiger partial charge in [0.05, 0.1) is 5.69 Å². The van der Waals surface area contributed by atoms with Crippen LogP contribution in [0.5, 0.6) is 0 Å². The summed E-state index contributed by atoms with van der Waals surface area (Å²) in [6, 6.07) is 15.2. The Bertz CT molecular complexity index is 594. The second-order valence-corrected chi connectivity index (χ2v) is 4.96. The number of benzene rings is 2. The van der Waals surface area contributed by atoms with Crippen molar-refractivity contribution in [3.63, 3.8) is 0 Å². The highest BCUT2D eigenvalue weighted by Gasteiger charge is 2.03. The molecule has 2 aromatic rings. The highest BCUT2D eigenvalue weighted by Crippen LogP contribution is 2.33. The van der Waals surface area contributed by atoms with Crippen LogP contribution in [0.15, 0.2) is 58.5 Å². The summed E-state index contributed by atoms with van der Waals surface area (Å²) in [7, 11) is 0. The van der Waals surface area contributed by atoms with E-state index in [-0.39, 0.29) is 0 Å². The van der Waals surface area contributed by atoms with E-state index in [2.05, 4.69) is 10.0 Å². The second-order valence-electron chi connectivity index (χ2n) is 3.54. The maximum atomic E-state index is 8.50. The molecule has 2 rings (SSSR count). The monoisotopic (exact) mass is 275 g/mol. The zero-order valence-corrected chi connectivity index (χ0v) is 11.0. The maximum absolute atomic E-state index is 8.50. The van der Waals surface area contributed by atoms with Crippen LogP contribution in [0.2, 0.25) is 5.02 Å². The van der Waals surface area contributed by atoms with E-state index in [1.54, 1.807) is 17.8 Å². The van der Waals surface area contributed by atoms with E-state index in [0.717, 1.165) is 21.2 Å². The molecular weight excluding hydrogens is 266 g/mol. The van der Waals surface area contributed by atoms with Gasteiger partial charge in [0.15, 0.2) is 0 Å². The van der Waals surface area contributed by atoms with Crippen molar-refractivity contribution in [1.29, 1.82) is 0 Å². The van der Waals surface area contributed by atoms with Crippen molar-refractivity contribution in [2.45, 2.75) is 10.6 Å². The molecule has 18 heavy (non-hydrogen) atoms. The predicted molar refractivity (Wildman–Crippen MR) is 76.3 cm³/mol. The Morgan fingerprint density at radius 1 is 1.11 bits per heavy atom. The molecule has 0 saturated carbocycles. The van der Waals surface area contributed by atoms with E-state index in [4.69, 9.17) is 17.1 Å². The van der Waals surface area contributed by atoms with Crippen molar-refractivity contribution < 1.29 is 0 Å². The van der Waals surface area contributed by atoms with Crippen LogP contribution in [0.3, 0.4) is 0 Å². The molecule has 90 valence electrons. The number of azide groups is 1. The fourth-order valence-electron chi connectivity index (χ4n) is 1.48. The maximum Gasteiger partial charge on any atom is 0.0511 e. The molecule has 3 nitrogen and oxygen atoms in total. The molecule has 0 aliphatic carbocycles. The Kier molecular flexibility index (Phi) is 4.53. The Morgan fingerprint density at radius 2 is 1.83 bits per heavy atom. The van der Waals surface area contributed by atoms with Crippen LogP contribution in [0.25, 0.3) is 10.4 Å². The molecule has 0 aliphatic heterocycles. The molecule has 0 unspecified atom stereocenters. The van der Waals surface area contributed by atoms with Gasteiger partial charge >= 0.3 is 0 Å². The van der Waals surface area contributed by atoms with Gasteiger partial charge in [0.1, 0.15) is 0 Å². The average Bonchev–Trinajstić information content (AvgIpc) is 2.40. The van der Waals surface area contributed by atoms with Crippen LogP contribution in [0.4, 0.5) is 5.69 Å². The quantitative estimate of drug-likeness (QED) is 0.311.